The Hall–Kier alpha value is -1.08. The highest BCUT2D eigenvalue weighted by atomic mass is 32.2. The Morgan fingerprint density at radius 2 is 2.17 bits per heavy atom. The molecule has 1 saturated heterocycles. The van der Waals surface area contributed by atoms with Crippen molar-refractivity contribution in [3.8, 4) is 0 Å². The van der Waals surface area contributed by atoms with Crippen LogP contribution in [0.25, 0.3) is 0 Å². The van der Waals surface area contributed by atoms with Crippen molar-refractivity contribution in [3.63, 3.8) is 0 Å². The van der Waals surface area contributed by atoms with Crippen molar-refractivity contribution in [2.75, 3.05) is 17.8 Å². The molecule has 0 spiro atoms. The van der Waals surface area contributed by atoms with E-state index in [2.05, 4.69) is 21.8 Å². The Labute approximate surface area is 108 Å². The van der Waals surface area contributed by atoms with Crippen molar-refractivity contribution in [1.82, 2.24) is 14.5 Å². The fraction of sp³-hybridized carbons (Fsp3) is 0.727. The van der Waals surface area contributed by atoms with E-state index in [-0.39, 0.29) is 0 Å². The van der Waals surface area contributed by atoms with E-state index < -0.39 is 10.2 Å². The van der Waals surface area contributed by atoms with Gasteiger partial charge in [-0.3, -0.25) is 9.82 Å². The number of anilines is 1. The van der Waals surface area contributed by atoms with Crippen molar-refractivity contribution in [1.29, 1.82) is 0 Å². The minimum atomic E-state index is -3.48. The van der Waals surface area contributed by atoms with Gasteiger partial charge in [0.25, 0.3) is 0 Å². The standard InChI is InChI=1S/C11H20N4O2S/c1-8-5-4-6-15(7-8)18(16,17)14-11-9(2)10(3)12-13-11/h8H,4-7H2,1-3H3,(H2,12,13,14). The average molecular weight is 272 g/mol. The molecular weight excluding hydrogens is 252 g/mol. The van der Waals surface area contributed by atoms with Crippen LogP contribution in [0.4, 0.5) is 5.82 Å². The van der Waals surface area contributed by atoms with E-state index >= 15 is 0 Å². The van der Waals surface area contributed by atoms with Crippen molar-refractivity contribution in [2.45, 2.75) is 33.6 Å². The van der Waals surface area contributed by atoms with E-state index in [1.807, 2.05) is 13.8 Å². The molecule has 2 N–H and O–H groups in total. The second-order valence-electron chi connectivity index (χ2n) is 5.03. The maximum absolute atomic E-state index is 12.2. The number of nitrogens with zero attached hydrogens (tertiary/aromatic N) is 2. The van der Waals surface area contributed by atoms with Gasteiger partial charge in [0.1, 0.15) is 0 Å². The lowest BCUT2D eigenvalue weighted by atomic mass is 10.0. The Kier molecular flexibility index (Phi) is 3.63. The summed E-state index contributed by atoms with van der Waals surface area (Å²) >= 11 is 0. The third-order valence-corrected chi connectivity index (χ3v) is 4.90. The largest absolute Gasteiger partial charge is 0.302 e. The predicted molar refractivity (Wildman–Crippen MR) is 70.6 cm³/mol. The zero-order valence-corrected chi connectivity index (χ0v) is 11.8. The van der Waals surface area contributed by atoms with Crippen molar-refractivity contribution in [2.24, 2.45) is 5.92 Å². The van der Waals surface area contributed by atoms with Crippen molar-refractivity contribution < 1.29 is 8.42 Å². The first-order valence-corrected chi connectivity index (χ1v) is 7.63. The van der Waals surface area contributed by atoms with Gasteiger partial charge in [0.05, 0.1) is 0 Å². The number of nitrogens with one attached hydrogen (secondary N) is 2. The minimum Gasteiger partial charge on any atom is -0.280 e. The highest BCUT2D eigenvalue weighted by molar-refractivity contribution is 7.90. The van der Waals surface area contributed by atoms with Crippen LogP contribution in [0.5, 0.6) is 0 Å². The zero-order chi connectivity index (χ0) is 13.3. The van der Waals surface area contributed by atoms with Gasteiger partial charge in [-0.2, -0.15) is 17.8 Å². The molecule has 0 aromatic carbocycles. The molecule has 1 aliphatic heterocycles. The Balaban J connectivity index is 2.14. The molecule has 0 radical (unpaired) electrons. The quantitative estimate of drug-likeness (QED) is 0.873. The van der Waals surface area contributed by atoms with Crippen LogP contribution in [-0.2, 0) is 10.2 Å². The first-order valence-electron chi connectivity index (χ1n) is 6.19. The molecule has 102 valence electrons. The molecule has 0 amide bonds. The highest BCUT2D eigenvalue weighted by Crippen LogP contribution is 2.21. The van der Waals surface area contributed by atoms with Gasteiger partial charge in [-0.1, -0.05) is 6.92 Å². The van der Waals surface area contributed by atoms with Crippen LogP contribution in [-0.4, -0.2) is 36.0 Å². The molecule has 18 heavy (non-hydrogen) atoms. The summed E-state index contributed by atoms with van der Waals surface area (Å²) in [5, 5.41) is 6.75. The first-order chi connectivity index (χ1) is 8.40. The molecule has 7 heteroatoms. The molecule has 0 aliphatic carbocycles. The zero-order valence-electron chi connectivity index (χ0n) is 11.0. The lowest BCUT2D eigenvalue weighted by molar-refractivity contribution is 0.282. The maximum atomic E-state index is 12.2. The van der Waals surface area contributed by atoms with E-state index in [0.717, 1.165) is 24.1 Å². The number of H-pyrrole nitrogens is 1. The second kappa shape index (κ2) is 4.89. The molecule has 1 aromatic heterocycles. The number of rotatable bonds is 3. The molecule has 1 fully saturated rings. The SMILES string of the molecule is Cc1[nH]nc(NS(=O)(=O)N2CCCC(C)C2)c1C. The molecule has 1 aromatic rings. The highest BCUT2D eigenvalue weighted by Gasteiger charge is 2.28. The summed E-state index contributed by atoms with van der Waals surface area (Å²) in [5.74, 6) is 0.808. The summed E-state index contributed by atoms with van der Waals surface area (Å²) in [7, 11) is -3.48. The molecule has 1 unspecified atom stereocenters. The number of aromatic nitrogens is 2. The molecule has 0 bridgehead atoms. The van der Waals surface area contributed by atoms with E-state index in [0.29, 0.717) is 24.8 Å². The molecule has 2 rings (SSSR count). The Morgan fingerprint density at radius 1 is 1.44 bits per heavy atom. The molecular formula is C11H20N4O2S. The molecule has 0 saturated carbocycles. The third kappa shape index (κ3) is 2.67. The number of aryl methyl sites for hydroxylation is 1. The van der Waals surface area contributed by atoms with E-state index in [9.17, 15) is 8.42 Å². The van der Waals surface area contributed by atoms with Crippen molar-refractivity contribution >= 4 is 16.0 Å². The lowest BCUT2D eigenvalue weighted by Gasteiger charge is -2.29. The van der Waals surface area contributed by atoms with Gasteiger partial charge in [-0.15, -0.1) is 0 Å². The summed E-state index contributed by atoms with van der Waals surface area (Å²) < 4.78 is 28.5. The van der Waals surface area contributed by atoms with E-state index in [1.165, 1.54) is 4.31 Å². The average Bonchev–Trinajstić information content (AvgIpc) is 2.61. The summed E-state index contributed by atoms with van der Waals surface area (Å²) in [5.41, 5.74) is 1.71. The third-order valence-electron chi connectivity index (χ3n) is 3.44. The topological polar surface area (TPSA) is 78.1 Å². The van der Waals surface area contributed by atoms with Crippen LogP contribution < -0.4 is 4.72 Å². The van der Waals surface area contributed by atoms with Crippen LogP contribution in [0.1, 0.15) is 31.0 Å². The predicted octanol–water partition coefficient (Wildman–Crippen LogP) is 1.42. The number of hydrogen-bond acceptors (Lipinski definition) is 3. The summed E-state index contributed by atoms with van der Waals surface area (Å²) in [6, 6.07) is 0. The number of piperidine rings is 1. The van der Waals surface area contributed by atoms with Crippen molar-refractivity contribution in [3.05, 3.63) is 11.3 Å². The van der Waals surface area contributed by atoms with Gasteiger partial charge in [0.2, 0.25) is 0 Å². The monoisotopic (exact) mass is 272 g/mol. The van der Waals surface area contributed by atoms with Gasteiger partial charge < -0.3 is 0 Å². The van der Waals surface area contributed by atoms with E-state index in [1.54, 1.807) is 0 Å². The van der Waals surface area contributed by atoms with Crippen LogP contribution >= 0.6 is 0 Å². The van der Waals surface area contributed by atoms with Crippen LogP contribution in [0.15, 0.2) is 0 Å². The van der Waals surface area contributed by atoms with Gasteiger partial charge in [-0.05, 0) is 32.6 Å². The molecule has 1 aliphatic rings. The van der Waals surface area contributed by atoms with Gasteiger partial charge in [0.15, 0.2) is 5.82 Å². The summed E-state index contributed by atoms with van der Waals surface area (Å²) in [6.07, 6.45) is 2.01. The maximum Gasteiger partial charge on any atom is 0.302 e. The van der Waals surface area contributed by atoms with Gasteiger partial charge in [-0.25, -0.2) is 0 Å². The first kappa shape index (κ1) is 13.4. The number of aromatic amines is 1. The van der Waals surface area contributed by atoms with Crippen LogP contribution in [0.2, 0.25) is 0 Å². The Bertz CT molecular complexity index is 523. The molecule has 6 nitrogen and oxygen atoms in total. The van der Waals surface area contributed by atoms with Gasteiger partial charge in [0, 0.05) is 24.3 Å². The smallest absolute Gasteiger partial charge is 0.280 e. The fourth-order valence-electron chi connectivity index (χ4n) is 2.14. The fourth-order valence-corrected chi connectivity index (χ4v) is 3.53. The summed E-state index contributed by atoms with van der Waals surface area (Å²) in [6.45, 7) is 6.95. The lowest BCUT2D eigenvalue weighted by Crippen LogP contribution is -2.42. The minimum absolute atomic E-state index is 0.394. The number of hydrogen-bond donors (Lipinski definition) is 2. The second-order valence-corrected chi connectivity index (χ2v) is 6.71. The summed E-state index contributed by atoms with van der Waals surface area (Å²) in [4.78, 5) is 0. The van der Waals surface area contributed by atoms with E-state index in [4.69, 9.17) is 0 Å². The molecule has 2 heterocycles. The normalized spacial score (nSPS) is 22.1. The van der Waals surface area contributed by atoms with Crippen LogP contribution in [0, 0.1) is 19.8 Å². The Morgan fingerprint density at radius 3 is 2.72 bits per heavy atom. The van der Waals surface area contributed by atoms with Gasteiger partial charge >= 0.3 is 10.2 Å². The molecule has 1 atom stereocenters. The van der Waals surface area contributed by atoms with Crippen LogP contribution in [0.3, 0.4) is 0 Å².